The first-order valence-electron chi connectivity index (χ1n) is 9.73. The second-order valence-electron chi connectivity index (χ2n) is 7.01. The van der Waals surface area contributed by atoms with Gasteiger partial charge in [0.25, 0.3) is 5.56 Å². The van der Waals surface area contributed by atoms with Crippen LogP contribution in [0.25, 0.3) is 21.8 Å². The molecule has 0 unspecified atom stereocenters. The minimum atomic E-state index is -0.0874. The molecule has 5 rings (SSSR count). The van der Waals surface area contributed by atoms with Gasteiger partial charge in [-0.15, -0.1) is 0 Å². The highest BCUT2D eigenvalue weighted by Crippen LogP contribution is 2.35. The molecule has 0 aliphatic carbocycles. The van der Waals surface area contributed by atoms with Crippen LogP contribution in [0.4, 0.5) is 5.69 Å². The highest BCUT2D eigenvalue weighted by Gasteiger charge is 2.17. The second kappa shape index (κ2) is 9.53. The summed E-state index contributed by atoms with van der Waals surface area (Å²) in [6.07, 6.45) is 7.33. The Morgan fingerprint density at radius 2 is 1.87 bits per heavy atom. The number of hydrogen-bond donors (Lipinski definition) is 1. The molecule has 0 atom stereocenters. The summed E-state index contributed by atoms with van der Waals surface area (Å²) in [4.78, 5) is 20.0. The number of hydrogen-bond acceptors (Lipinski definition) is 5. The van der Waals surface area contributed by atoms with Crippen LogP contribution in [-0.2, 0) is 0 Å². The highest BCUT2D eigenvalue weighted by atomic mass is 127. The van der Waals surface area contributed by atoms with Crippen LogP contribution >= 0.6 is 30.3 Å². The molecule has 30 heavy (non-hydrogen) atoms. The zero-order chi connectivity index (χ0) is 20.9. The van der Waals surface area contributed by atoms with Gasteiger partial charge < -0.3 is 9.88 Å². The van der Waals surface area contributed by atoms with E-state index >= 15 is 0 Å². The molecule has 2 aromatic carbocycles. The minimum absolute atomic E-state index is 0.0874. The molecule has 0 spiro atoms. The van der Waals surface area contributed by atoms with Gasteiger partial charge in [-0.2, -0.15) is 5.26 Å². The average Bonchev–Trinajstić information content (AvgIpc) is 3.24. The van der Waals surface area contributed by atoms with Crippen LogP contribution in [0.5, 0.6) is 0 Å². The fourth-order valence-corrected chi connectivity index (χ4v) is 5.15. The van der Waals surface area contributed by atoms with Crippen molar-refractivity contribution in [3.8, 4) is 6.07 Å². The van der Waals surface area contributed by atoms with Crippen LogP contribution < -0.4 is 10.5 Å². The molecule has 6 nitrogen and oxygen atoms in total. The van der Waals surface area contributed by atoms with Crippen molar-refractivity contribution in [2.75, 3.05) is 18.0 Å². The molecule has 0 bridgehead atoms. The monoisotopic (exact) mass is 529 g/mol. The Labute approximate surface area is 190 Å². The summed E-state index contributed by atoms with van der Waals surface area (Å²) in [5.41, 5.74) is 3.72. The molecule has 2 aromatic heterocycles. The summed E-state index contributed by atoms with van der Waals surface area (Å²) < 4.78 is 2.07. The highest BCUT2D eigenvalue weighted by molar-refractivity contribution is 14.2. The molecule has 0 radical (unpaired) electrons. The van der Waals surface area contributed by atoms with Gasteiger partial charge in [-0.1, -0.05) is 12.1 Å². The maximum absolute atomic E-state index is 11.1. The SMILES string of the molecule is N#Cc1ccc(N2CCCCC2)c2ccn(SI)c12.O=c1[nH]cnc2ccccc12. The number of aromatic nitrogens is 3. The van der Waals surface area contributed by atoms with Crippen molar-refractivity contribution >= 4 is 57.8 Å². The largest absolute Gasteiger partial charge is 0.371 e. The quantitative estimate of drug-likeness (QED) is 0.358. The molecular formula is C22H20IN5OS. The molecule has 1 saturated heterocycles. The van der Waals surface area contributed by atoms with Crippen molar-refractivity contribution in [3.05, 3.63) is 70.9 Å². The zero-order valence-corrected chi connectivity index (χ0v) is 19.2. The zero-order valence-electron chi connectivity index (χ0n) is 16.2. The fraction of sp³-hybridized carbons (Fsp3) is 0.227. The van der Waals surface area contributed by atoms with E-state index in [0.29, 0.717) is 5.39 Å². The molecule has 152 valence electrons. The number of aromatic amines is 1. The van der Waals surface area contributed by atoms with E-state index in [-0.39, 0.29) is 5.56 Å². The number of H-pyrrole nitrogens is 1. The predicted molar refractivity (Wildman–Crippen MR) is 132 cm³/mol. The first kappa shape index (κ1) is 20.8. The third-order valence-electron chi connectivity index (χ3n) is 5.23. The van der Waals surface area contributed by atoms with E-state index in [9.17, 15) is 10.1 Å². The topological polar surface area (TPSA) is 77.7 Å². The smallest absolute Gasteiger partial charge is 0.258 e. The lowest BCUT2D eigenvalue weighted by molar-refractivity contribution is 0.579. The third-order valence-corrected chi connectivity index (χ3v) is 6.96. The van der Waals surface area contributed by atoms with E-state index in [0.717, 1.165) is 29.7 Å². The molecule has 4 aromatic rings. The number of nitriles is 1. The van der Waals surface area contributed by atoms with Gasteiger partial charge in [0, 0.05) is 60.7 Å². The number of para-hydroxylation sites is 1. The van der Waals surface area contributed by atoms with Gasteiger partial charge in [0.05, 0.1) is 28.3 Å². The Balaban J connectivity index is 0.000000168. The van der Waals surface area contributed by atoms with Crippen LogP contribution in [-0.4, -0.2) is 27.0 Å². The first-order chi connectivity index (χ1) is 14.7. The number of fused-ring (bicyclic) bond motifs is 2. The summed E-state index contributed by atoms with van der Waals surface area (Å²) in [6.45, 7) is 2.26. The Morgan fingerprint density at radius 1 is 1.07 bits per heavy atom. The Morgan fingerprint density at radius 3 is 2.60 bits per heavy atom. The van der Waals surface area contributed by atoms with Gasteiger partial charge in [-0.25, -0.2) is 4.98 Å². The van der Waals surface area contributed by atoms with Crippen molar-refractivity contribution in [2.24, 2.45) is 0 Å². The number of rotatable bonds is 2. The summed E-state index contributed by atoms with van der Waals surface area (Å²) in [5.74, 6) is 0. The first-order valence-corrected chi connectivity index (χ1v) is 13.0. The Bertz CT molecular complexity index is 1260. The van der Waals surface area contributed by atoms with Crippen LogP contribution in [0.2, 0.25) is 0 Å². The molecular weight excluding hydrogens is 509 g/mol. The standard InChI is InChI=1S/C14H14IN3S.C8H6N2O/c15-19-18-9-6-12-13(17-7-2-1-3-8-17)5-4-11(10-16)14(12)18;11-8-6-3-1-2-4-7(6)9-5-10-8/h4-6,9H,1-3,7-8H2;1-5H,(H,9,10,11). The second-order valence-corrected chi connectivity index (χ2v) is 8.73. The normalized spacial score (nSPS) is 13.7. The summed E-state index contributed by atoms with van der Waals surface area (Å²) in [7, 11) is 1.61. The number of piperidine rings is 1. The average molecular weight is 529 g/mol. The van der Waals surface area contributed by atoms with Gasteiger partial charge in [-0.05, 0) is 49.6 Å². The van der Waals surface area contributed by atoms with Crippen molar-refractivity contribution in [1.29, 1.82) is 5.26 Å². The van der Waals surface area contributed by atoms with Gasteiger partial charge in [0.1, 0.15) is 6.07 Å². The summed E-state index contributed by atoms with van der Waals surface area (Å²) >= 11 is 2.25. The van der Waals surface area contributed by atoms with Crippen molar-refractivity contribution in [2.45, 2.75) is 19.3 Å². The number of anilines is 1. The number of benzene rings is 2. The molecule has 8 heteroatoms. The third kappa shape index (κ3) is 4.18. The minimum Gasteiger partial charge on any atom is -0.371 e. The Hall–Kier alpha value is -2.51. The van der Waals surface area contributed by atoms with Crippen molar-refractivity contribution < 1.29 is 0 Å². The fourth-order valence-electron chi connectivity index (χ4n) is 3.79. The predicted octanol–water partition coefficient (Wildman–Crippen LogP) is 5.27. The lowest BCUT2D eigenvalue weighted by Gasteiger charge is -2.29. The molecule has 3 heterocycles. The van der Waals surface area contributed by atoms with Crippen LogP contribution in [0.15, 0.2) is 59.8 Å². The van der Waals surface area contributed by atoms with E-state index < -0.39 is 0 Å². The van der Waals surface area contributed by atoms with Crippen molar-refractivity contribution in [3.63, 3.8) is 0 Å². The molecule has 1 N–H and O–H groups in total. The van der Waals surface area contributed by atoms with Crippen LogP contribution in [0.3, 0.4) is 0 Å². The van der Waals surface area contributed by atoms with Gasteiger partial charge in [0.15, 0.2) is 0 Å². The number of nitrogens with one attached hydrogen (secondary N) is 1. The van der Waals surface area contributed by atoms with E-state index in [2.05, 4.69) is 64.4 Å². The maximum Gasteiger partial charge on any atom is 0.258 e. The van der Waals surface area contributed by atoms with Gasteiger partial charge in [-0.3, -0.25) is 8.77 Å². The Kier molecular flexibility index (Phi) is 6.59. The van der Waals surface area contributed by atoms with E-state index in [4.69, 9.17) is 0 Å². The van der Waals surface area contributed by atoms with Gasteiger partial charge >= 0.3 is 0 Å². The van der Waals surface area contributed by atoms with E-state index in [1.165, 1.54) is 36.7 Å². The summed E-state index contributed by atoms with van der Waals surface area (Å²) in [6, 6.07) is 15.7. The number of halogens is 1. The van der Waals surface area contributed by atoms with Crippen LogP contribution in [0, 0.1) is 11.3 Å². The maximum atomic E-state index is 11.1. The molecule has 1 aliphatic heterocycles. The molecule has 1 aliphatic rings. The van der Waals surface area contributed by atoms with Crippen molar-refractivity contribution in [1.82, 2.24) is 13.9 Å². The molecule has 1 fully saturated rings. The molecule has 0 amide bonds. The van der Waals surface area contributed by atoms with E-state index in [1.807, 2.05) is 24.3 Å². The van der Waals surface area contributed by atoms with Crippen LogP contribution in [0.1, 0.15) is 24.8 Å². The summed E-state index contributed by atoms with van der Waals surface area (Å²) in [5, 5.41) is 11.1. The number of nitrogens with zero attached hydrogens (tertiary/aromatic N) is 4. The molecule has 0 saturated carbocycles. The van der Waals surface area contributed by atoms with E-state index in [1.54, 1.807) is 15.2 Å². The van der Waals surface area contributed by atoms with Gasteiger partial charge in [0.2, 0.25) is 0 Å². The lowest BCUT2D eigenvalue weighted by Crippen LogP contribution is -2.29. The lowest BCUT2D eigenvalue weighted by atomic mass is 10.1.